The molecule has 0 bridgehead atoms. The second-order valence-corrected chi connectivity index (χ2v) is 3.86. The van der Waals surface area contributed by atoms with Crippen LogP contribution in [0.25, 0.3) is 0 Å². The molecule has 1 rings (SSSR count). The lowest BCUT2D eigenvalue weighted by atomic mass is 9.99. The molecule has 14 heavy (non-hydrogen) atoms. The van der Waals surface area contributed by atoms with Gasteiger partial charge in [0.15, 0.2) is 0 Å². The number of hydrogen-bond donors (Lipinski definition) is 2. The lowest BCUT2D eigenvalue weighted by molar-refractivity contribution is 0.388. The molecule has 1 aromatic rings. The standard InChI is InChI=1S/C10H20N4/c1-4-8(2)7-9(13-11)10-12-5-6-14(10)3/h5-6,8-9,13H,4,7,11H2,1-3H3. The number of imidazole rings is 1. The molecule has 80 valence electrons. The topological polar surface area (TPSA) is 55.9 Å². The highest BCUT2D eigenvalue weighted by Crippen LogP contribution is 2.20. The first kappa shape index (κ1) is 11.2. The smallest absolute Gasteiger partial charge is 0.126 e. The van der Waals surface area contributed by atoms with E-state index in [1.807, 2.05) is 17.8 Å². The van der Waals surface area contributed by atoms with Gasteiger partial charge in [0.2, 0.25) is 0 Å². The van der Waals surface area contributed by atoms with E-state index in [1.54, 1.807) is 6.20 Å². The van der Waals surface area contributed by atoms with Gasteiger partial charge in [0.05, 0.1) is 6.04 Å². The van der Waals surface area contributed by atoms with Crippen LogP contribution in [0.15, 0.2) is 12.4 Å². The molecule has 0 amide bonds. The van der Waals surface area contributed by atoms with Gasteiger partial charge in [-0.25, -0.2) is 10.4 Å². The molecule has 0 aliphatic carbocycles. The maximum absolute atomic E-state index is 5.53. The summed E-state index contributed by atoms with van der Waals surface area (Å²) in [6, 6.07) is 0.157. The second kappa shape index (κ2) is 5.12. The van der Waals surface area contributed by atoms with Crippen LogP contribution in [-0.2, 0) is 7.05 Å². The number of rotatable bonds is 5. The fourth-order valence-corrected chi connectivity index (χ4v) is 1.53. The summed E-state index contributed by atoms with van der Waals surface area (Å²) in [5.41, 5.74) is 2.83. The lowest BCUT2D eigenvalue weighted by Gasteiger charge is -2.18. The first-order valence-electron chi connectivity index (χ1n) is 5.12. The van der Waals surface area contributed by atoms with Crippen LogP contribution in [-0.4, -0.2) is 9.55 Å². The minimum atomic E-state index is 0.157. The molecule has 4 nitrogen and oxygen atoms in total. The van der Waals surface area contributed by atoms with E-state index in [0.29, 0.717) is 5.92 Å². The van der Waals surface area contributed by atoms with Gasteiger partial charge in [-0.2, -0.15) is 0 Å². The van der Waals surface area contributed by atoms with Crippen LogP contribution in [0.4, 0.5) is 0 Å². The summed E-state index contributed by atoms with van der Waals surface area (Å²) in [4.78, 5) is 4.29. The maximum atomic E-state index is 5.53. The zero-order chi connectivity index (χ0) is 10.6. The highest BCUT2D eigenvalue weighted by molar-refractivity contribution is 4.98. The number of aryl methyl sites for hydroxylation is 1. The zero-order valence-corrected chi connectivity index (χ0v) is 9.20. The Labute approximate surface area is 85.5 Å². The first-order chi connectivity index (χ1) is 6.69. The van der Waals surface area contributed by atoms with Crippen LogP contribution in [0.1, 0.15) is 38.6 Å². The Hall–Kier alpha value is -0.870. The maximum Gasteiger partial charge on any atom is 0.126 e. The molecular formula is C10H20N4. The molecule has 0 saturated carbocycles. The Morgan fingerprint density at radius 3 is 2.79 bits per heavy atom. The average Bonchev–Trinajstić information content (AvgIpc) is 2.60. The highest BCUT2D eigenvalue weighted by Gasteiger charge is 2.16. The monoisotopic (exact) mass is 196 g/mol. The Kier molecular flexibility index (Phi) is 4.10. The van der Waals surface area contributed by atoms with Crippen molar-refractivity contribution in [3.63, 3.8) is 0 Å². The summed E-state index contributed by atoms with van der Waals surface area (Å²) >= 11 is 0. The number of nitrogens with one attached hydrogen (secondary N) is 1. The number of nitrogens with zero attached hydrogens (tertiary/aromatic N) is 2. The van der Waals surface area contributed by atoms with E-state index in [1.165, 1.54) is 6.42 Å². The summed E-state index contributed by atoms with van der Waals surface area (Å²) in [6.07, 6.45) is 5.94. The third-order valence-electron chi connectivity index (χ3n) is 2.71. The van der Waals surface area contributed by atoms with Gasteiger partial charge in [-0.3, -0.25) is 5.84 Å². The molecule has 0 saturated heterocycles. The van der Waals surface area contributed by atoms with Crippen molar-refractivity contribution in [1.82, 2.24) is 15.0 Å². The molecule has 0 aliphatic heterocycles. The van der Waals surface area contributed by atoms with Crippen molar-refractivity contribution < 1.29 is 0 Å². The van der Waals surface area contributed by atoms with Crippen molar-refractivity contribution in [3.8, 4) is 0 Å². The number of aromatic nitrogens is 2. The van der Waals surface area contributed by atoms with Crippen LogP contribution in [0.5, 0.6) is 0 Å². The Balaban J connectivity index is 2.67. The van der Waals surface area contributed by atoms with E-state index >= 15 is 0 Å². The summed E-state index contributed by atoms with van der Waals surface area (Å²) in [7, 11) is 1.99. The second-order valence-electron chi connectivity index (χ2n) is 3.86. The van der Waals surface area contributed by atoms with E-state index < -0.39 is 0 Å². The number of hydrazine groups is 1. The van der Waals surface area contributed by atoms with Crippen molar-refractivity contribution in [2.75, 3.05) is 0 Å². The van der Waals surface area contributed by atoms with Gasteiger partial charge in [-0.15, -0.1) is 0 Å². The fourth-order valence-electron chi connectivity index (χ4n) is 1.53. The molecular weight excluding hydrogens is 176 g/mol. The third kappa shape index (κ3) is 2.56. The third-order valence-corrected chi connectivity index (χ3v) is 2.71. The van der Waals surface area contributed by atoms with Crippen LogP contribution in [0.3, 0.4) is 0 Å². The minimum absolute atomic E-state index is 0.157. The van der Waals surface area contributed by atoms with Gasteiger partial charge in [-0.1, -0.05) is 20.3 Å². The van der Waals surface area contributed by atoms with Gasteiger partial charge in [0.25, 0.3) is 0 Å². The van der Waals surface area contributed by atoms with Crippen molar-refractivity contribution in [2.45, 2.75) is 32.7 Å². The van der Waals surface area contributed by atoms with E-state index in [0.717, 1.165) is 12.2 Å². The summed E-state index contributed by atoms with van der Waals surface area (Å²) < 4.78 is 2.01. The highest BCUT2D eigenvalue weighted by atomic mass is 15.3. The summed E-state index contributed by atoms with van der Waals surface area (Å²) in [5, 5.41) is 0. The van der Waals surface area contributed by atoms with Crippen LogP contribution >= 0.6 is 0 Å². The summed E-state index contributed by atoms with van der Waals surface area (Å²) in [5.74, 6) is 7.20. The van der Waals surface area contributed by atoms with Crippen molar-refractivity contribution >= 4 is 0 Å². The molecule has 0 aromatic carbocycles. The minimum Gasteiger partial charge on any atom is -0.337 e. The van der Waals surface area contributed by atoms with E-state index in [2.05, 4.69) is 24.3 Å². The summed E-state index contributed by atoms with van der Waals surface area (Å²) in [6.45, 7) is 4.42. The van der Waals surface area contributed by atoms with Gasteiger partial charge < -0.3 is 4.57 Å². The van der Waals surface area contributed by atoms with Crippen LogP contribution < -0.4 is 11.3 Å². The predicted molar refractivity (Wildman–Crippen MR) is 57.3 cm³/mol. The lowest BCUT2D eigenvalue weighted by Crippen LogP contribution is -2.31. The quantitative estimate of drug-likeness (QED) is 0.552. The normalized spacial score (nSPS) is 15.4. The van der Waals surface area contributed by atoms with Crippen LogP contribution in [0.2, 0.25) is 0 Å². The molecule has 0 fully saturated rings. The van der Waals surface area contributed by atoms with Gasteiger partial charge >= 0.3 is 0 Å². The fraction of sp³-hybridized carbons (Fsp3) is 0.700. The molecule has 0 radical (unpaired) electrons. The van der Waals surface area contributed by atoms with Crippen molar-refractivity contribution in [1.29, 1.82) is 0 Å². The van der Waals surface area contributed by atoms with Gasteiger partial charge in [-0.05, 0) is 12.3 Å². The molecule has 0 spiro atoms. The largest absolute Gasteiger partial charge is 0.337 e. The van der Waals surface area contributed by atoms with Gasteiger partial charge in [0, 0.05) is 19.4 Å². The Morgan fingerprint density at radius 1 is 1.64 bits per heavy atom. The molecule has 3 N–H and O–H groups in total. The molecule has 2 atom stereocenters. The average molecular weight is 196 g/mol. The molecule has 1 heterocycles. The Morgan fingerprint density at radius 2 is 2.36 bits per heavy atom. The molecule has 4 heteroatoms. The van der Waals surface area contributed by atoms with E-state index in [-0.39, 0.29) is 6.04 Å². The zero-order valence-electron chi connectivity index (χ0n) is 9.20. The Bertz CT molecular complexity index is 269. The van der Waals surface area contributed by atoms with Crippen molar-refractivity contribution in [2.24, 2.45) is 18.8 Å². The molecule has 0 aliphatic rings. The SMILES string of the molecule is CCC(C)CC(NN)c1nccn1C. The molecule has 2 unspecified atom stereocenters. The van der Waals surface area contributed by atoms with E-state index in [9.17, 15) is 0 Å². The van der Waals surface area contributed by atoms with Crippen LogP contribution in [0, 0.1) is 5.92 Å². The van der Waals surface area contributed by atoms with Crippen molar-refractivity contribution in [3.05, 3.63) is 18.2 Å². The van der Waals surface area contributed by atoms with E-state index in [4.69, 9.17) is 5.84 Å². The predicted octanol–water partition coefficient (Wildman–Crippen LogP) is 1.36. The first-order valence-corrected chi connectivity index (χ1v) is 5.12. The van der Waals surface area contributed by atoms with Gasteiger partial charge in [0.1, 0.15) is 5.82 Å². The number of nitrogens with two attached hydrogens (primary N) is 1. The molecule has 1 aromatic heterocycles. The number of hydrogen-bond acceptors (Lipinski definition) is 3.